The lowest BCUT2D eigenvalue weighted by molar-refractivity contribution is -0.123. The van der Waals surface area contributed by atoms with Crippen molar-refractivity contribution in [2.24, 2.45) is 0 Å². The number of anilines is 1. The van der Waals surface area contributed by atoms with E-state index in [9.17, 15) is 14.7 Å². The predicted molar refractivity (Wildman–Crippen MR) is 79.7 cm³/mol. The molecule has 2 aliphatic heterocycles. The molecular formula is C16H20N2O3. The average Bonchev–Trinajstić information content (AvgIpc) is 2.93. The van der Waals surface area contributed by atoms with Gasteiger partial charge in [-0.05, 0) is 56.8 Å². The van der Waals surface area contributed by atoms with E-state index in [2.05, 4.69) is 5.32 Å². The Morgan fingerprint density at radius 1 is 1.33 bits per heavy atom. The highest BCUT2D eigenvalue weighted by atomic mass is 16.4. The average molecular weight is 288 g/mol. The highest BCUT2D eigenvalue weighted by molar-refractivity contribution is 6.02. The summed E-state index contributed by atoms with van der Waals surface area (Å²) < 4.78 is 0. The Morgan fingerprint density at radius 3 is 2.81 bits per heavy atom. The highest BCUT2D eigenvalue weighted by Gasteiger charge is 2.40. The number of hydrogen-bond donors (Lipinski definition) is 2. The van der Waals surface area contributed by atoms with Gasteiger partial charge in [-0.15, -0.1) is 0 Å². The Morgan fingerprint density at radius 2 is 2.14 bits per heavy atom. The van der Waals surface area contributed by atoms with Crippen LogP contribution in [0.2, 0.25) is 0 Å². The molecule has 1 unspecified atom stereocenters. The van der Waals surface area contributed by atoms with Crippen LogP contribution in [0.1, 0.15) is 42.1 Å². The first-order valence-corrected chi connectivity index (χ1v) is 7.45. The smallest absolute Gasteiger partial charge is 0.336 e. The van der Waals surface area contributed by atoms with Crippen LogP contribution in [0.25, 0.3) is 0 Å². The first-order chi connectivity index (χ1) is 10.0. The molecule has 0 bridgehead atoms. The van der Waals surface area contributed by atoms with Crippen LogP contribution in [0.5, 0.6) is 0 Å². The molecule has 1 fully saturated rings. The van der Waals surface area contributed by atoms with Gasteiger partial charge in [0.15, 0.2) is 0 Å². The SMILES string of the molecule is CC1(C(=O)N2CCCc3c(C(=O)O)cccc32)CCCN1. The minimum Gasteiger partial charge on any atom is -0.478 e. The summed E-state index contributed by atoms with van der Waals surface area (Å²) in [6.45, 7) is 3.46. The summed E-state index contributed by atoms with van der Waals surface area (Å²) >= 11 is 0. The summed E-state index contributed by atoms with van der Waals surface area (Å²) in [5.74, 6) is -0.866. The third-order valence-electron chi connectivity index (χ3n) is 4.57. The zero-order valence-electron chi connectivity index (χ0n) is 12.2. The van der Waals surface area contributed by atoms with Crippen molar-refractivity contribution in [2.75, 3.05) is 18.0 Å². The molecule has 0 saturated carbocycles. The fourth-order valence-electron chi connectivity index (χ4n) is 3.41. The van der Waals surface area contributed by atoms with Crippen LogP contribution < -0.4 is 10.2 Å². The van der Waals surface area contributed by atoms with Gasteiger partial charge >= 0.3 is 5.97 Å². The lowest BCUT2D eigenvalue weighted by atomic mass is 9.92. The van der Waals surface area contributed by atoms with E-state index in [0.29, 0.717) is 18.5 Å². The maximum atomic E-state index is 12.9. The van der Waals surface area contributed by atoms with E-state index in [0.717, 1.165) is 37.1 Å². The Hall–Kier alpha value is -1.88. The van der Waals surface area contributed by atoms with E-state index >= 15 is 0 Å². The molecule has 0 aromatic heterocycles. The summed E-state index contributed by atoms with van der Waals surface area (Å²) in [5.41, 5.74) is 1.34. The maximum absolute atomic E-state index is 12.9. The predicted octanol–water partition coefficient (Wildman–Crippen LogP) is 1.81. The van der Waals surface area contributed by atoms with E-state index < -0.39 is 11.5 Å². The fourth-order valence-corrected chi connectivity index (χ4v) is 3.41. The van der Waals surface area contributed by atoms with Gasteiger partial charge in [-0.2, -0.15) is 0 Å². The van der Waals surface area contributed by atoms with Crippen molar-refractivity contribution < 1.29 is 14.7 Å². The summed E-state index contributed by atoms with van der Waals surface area (Å²) in [6.07, 6.45) is 3.35. The molecule has 21 heavy (non-hydrogen) atoms. The molecule has 2 heterocycles. The first-order valence-electron chi connectivity index (χ1n) is 7.45. The monoisotopic (exact) mass is 288 g/mol. The number of aromatic carboxylic acids is 1. The molecule has 1 aromatic carbocycles. The molecule has 0 radical (unpaired) electrons. The van der Waals surface area contributed by atoms with Gasteiger partial charge in [-0.1, -0.05) is 6.07 Å². The number of nitrogens with one attached hydrogen (secondary N) is 1. The summed E-state index contributed by atoms with van der Waals surface area (Å²) in [4.78, 5) is 26.0. The lowest BCUT2D eigenvalue weighted by Crippen LogP contribution is -2.54. The molecule has 1 saturated heterocycles. The van der Waals surface area contributed by atoms with Crippen LogP contribution in [0, 0.1) is 0 Å². The molecule has 1 amide bonds. The lowest BCUT2D eigenvalue weighted by Gasteiger charge is -2.36. The number of carbonyl (C=O) groups is 2. The number of rotatable bonds is 2. The molecule has 112 valence electrons. The quantitative estimate of drug-likeness (QED) is 0.870. The largest absolute Gasteiger partial charge is 0.478 e. The second-order valence-corrected chi connectivity index (χ2v) is 6.03. The van der Waals surface area contributed by atoms with Gasteiger partial charge < -0.3 is 15.3 Å². The number of fused-ring (bicyclic) bond motifs is 1. The summed E-state index contributed by atoms with van der Waals surface area (Å²) in [7, 11) is 0. The molecule has 0 spiro atoms. The number of hydrogen-bond acceptors (Lipinski definition) is 3. The van der Waals surface area contributed by atoms with Crippen molar-refractivity contribution in [3.8, 4) is 0 Å². The normalized spacial score (nSPS) is 24.7. The number of benzene rings is 1. The van der Waals surface area contributed by atoms with Gasteiger partial charge in [0.05, 0.1) is 11.1 Å². The Labute approximate surface area is 123 Å². The maximum Gasteiger partial charge on any atom is 0.336 e. The van der Waals surface area contributed by atoms with E-state index in [-0.39, 0.29) is 5.91 Å². The van der Waals surface area contributed by atoms with Crippen LogP contribution in [-0.2, 0) is 11.2 Å². The minimum absolute atomic E-state index is 0.0588. The van der Waals surface area contributed by atoms with E-state index in [1.165, 1.54) is 0 Å². The number of nitrogens with zero attached hydrogens (tertiary/aromatic N) is 1. The molecule has 0 aliphatic carbocycles. The molecular weight excluding hydrogens is 268 g/mol. The van der Waals surface area contributed by atoms with Crippen molar-refractivity contribution >= 4 is 17.6 Å². The third-order valence-corrected chi connectivity index (χ3v) is 4.57. The number of amides is 1. The Bertz CT molecular complexity index is 591. The van der Waals surface area contributed by atoms with Crippen molar-refractivity contribution in [3.05, 3.63) is 29.3 Å². The van der Waals surface area contributed by atoms with Gasteiger partial charge in [0.1, 0.15) is 0 Å². The molecule has 1 aromatic rings. The van der Waals surface area contributed by atoms with Gasteiger partial charge in [0.2, 0.25) is 5.91 Å². The second kappa shape index (κ2) is 5.15. The third kappa shape index (κ3) is 2.31. The minimum atomic E-state index is -0.925. The zero-order valence-corrected chi connectivity index (χ0v) is 12.2. The standard InChI is InChI=1S/C16H20N2O3/c1-16(8-4-9-17-16)15(21)18-10-3-6-11-12(14(19)20)5-2-7-13(11)18/h2,5,7,17H,3-4,6,8-10H2,1H3,(H,19,20). The Kier molecular flexibility index (Phi) is 3.45. The van der Waals surface area contributed by atoms with Crippen molar-refractivity contribution in [3.63, 3.8) is 0 Å². The van der Waals surface area contributed by atoms with E-state index in [1.54, 1.807) is 17.0 Å². The molecule has 1 atom stereocenters. The molecule has 2 N–H and O–H groups in total. The molecule has 3 rings (SSSR count). The van der Waals surface area contributed by atoms with Crippen LogP contribution in [0.15, 0.2) is 18.2 Å². The molecule has 5 nitrogen and oxygen atoms in total. The highest BCUT2D eigenvalue weighted by Crippen LogP contribution is 2.33. The number of carbonyl (C=O) groups excluding carboxylic acids is 1. The van der Waals surface area contributed by atoms with Crippen LogP contribution >= 0.6 is 0 Å². The molecule has 5 heteroatoms. The van der Waals surface area contributed by atoms with Crippen LogP contribution in [0.3, 0.4) is 0 Å². The van der Waals surface area contributed by atoms with Gasteiger partial charge in [-0.3, -0.25) is 4.79 Å². The van der Waals surface area contributed by atoms with E-state index in [4.69, 9.17) is 0 Å². The van der Waals surface area contributed by atoms with Gasteiger partial charge in [0, 0.05) is 12.2 Å². The van der Waals surface area contributed by atoms with Crippen LogP contribution in [0.4, 0.5) is 5.69 Å². The van der Waals surface area contributed by atoms with E-state index in [1.807, 2.05) is 13.0 Å². The van der Waals surface area contributed by atoms with Gasteiger partial charge in [-0.25, -0.2) is 4.79 Å². The fraction of sp³-hybridized carbons (Fsp3) is 0.500. The molecule has 2 aliphatic rings. The summed E-state index contributed by atoms with van der Waals surface area (Å²) in [5, 5.41) is 12.6. The topological polar surface area (TPSA) is 69.6 Å². The van der Waals surface area contributed by atoms with Crippen molar-refractivity contribution in [1.29, 1.82) is 0 Å². The number of carboxylic acids is 1. The Balaban J connectivity index is 1.99. The first kappa shape index (κ1) is 14.1. The second-order valence-electron chi connectivity index (χ2n) is 6.03. The number of carboxylic acid groups (broad SMARTS) is 1. The van der Waals surface area contributed by atoms with Crippen molar-refractivity contribution in [2.45, 2.75) is 38.1 Å². The zero-order chi connectivity index (χ0) is 15.0. The van der Waals surface area contributed by atoms with Gasteiger partial charge in [0.25, 0.3) is 0 Å². The van der Waals surface area contributed by atoms with Crippen molar-refractivity contribution in [1.82, 2.24) is 5.32 Å². The summed E-state index contributed by atoms with van der Waals surface area (Å²) in [6, 6.07) is 5.19. The van der Waals surface area contributed by atoms with Crippen LogP contribution in [-0.4, -0.2) is 35.6 Å².